The van der Waals surface area contributed by atoms with Gasteiger partial charge >= 0.3 is 0 Å². The normalized spacial score (nSPS) is 11.8. The highest BCUT2D eigenvalue weighted by molar-refractivity contribution is 7.89. The van der Waals surface area contributed by atoms with Gasteiger partial charge in [0.05, 0.1) is 4.90 Å². The molecule has 3 aromatic carbocycles. The van der Waals surface area contributed by atoms with Gasteiger partial charge in [0.2, 0.25) is 10.0 Å². The smallest absolute Gasteiger partial charge is 0.207 e. The van der Waals surface area contributed by atoms with Crippen molar-refractivity contribution in [1.82, 2.24) is 4.31 Å². The number of sulfonamides is 1. The third-order valence-corrected chi connectivity index (χ3v) is 8.18. The summed E-state index contributed by atoms with van der Waals surface area (Å²) in [5.41, 5.74) is 0. The maximum absolute atomic E-state index is 12.3. The second-order valence-electron chi connectivity index (χ2n) is 5.79. The Morgan fingerprint density at radius 3 is 1.44 bits per heavy atom. The number of hydrogen-bond donors (Lipinski definition) is 0. The van der Waals surface area contributed by atoms with Crippen LogP contribution in [0, 0.1) is 0 Å². The predicted molar refractivity (Wildman–Crippen MR) is 106 cm³/mol. The van der Waals surface area contributed by atoms with Crippen LogP contribution < -0.4 is 15.9 Å². The molecule has 0 radical (unpaired) electrons. The molecule has 3 aromatic rings. The van der Waals surface area contributed by atoms with E-state index in [0.29, 0.717) is 4.90 Å². The molecule has 25 heavy (non-hydrogen) atoms. The van der Waals surface area contributed by atoms with E-state index in [0.717, 1.165) is 5.30 Å². The molecule has 0 heterocycles. The number of nitrogens with zero attached hydrogens (tertiary/aromatic N) is 1. The van der Waals surface area contributed by atoms with Crippen molar-refractivity contribution in [3.63, 3.8) is 0 Å². The van der Waals surface area contributed by atoms with E-state index in [1.54, 1.807) is 26.2 Å². The van der Waals surface area contributed by atoms with Gasteiger partial charge in [-0.25, -0.2) is 12.7 Å². The van der Waals surface area contributed by atoms with Crippen molar-refractivity contribution in [2.75, 3.05) is 14.1 Å². The van der Waals surface area contributed by atoms with Gasteiger partial charge in [-0.1, -0.05) is 72.8 Å². The molecule has 0 unspecified atom stereocenters. The van der Waals surface area contributed by atoms with Gasteiger partial charge in [-0.15, -0.1) is 0 Å². The molecule has 0 aromatic heterocycles. The summed E-state index contributed by atoms with van der Waals surface area (Å²) in [4.78, 5) is 0.317. The average Bonchev–Trinajstić information content (AvgIpc) is 2.64. The van der Waals surface area contributed by atoms with E-state index in [1.165, 1.54) is 14.9 Å². The molecular weight excluding hydrogens is 349 g/mol. The highest BCUT2D eigenvalue weighted by Crippen LogP contribution is 2.32. The van der Waals surface area contributed by atoms with Crippen molar-refractivity contribution < 1.29 is 8.42 Å². The van der Waals surface area contributed by atoms with Crippen LogP contribution in [-0.4, -0.2) is 26.8 Å². The molecule has 0 amide bonds. The molecule has 5 heteroatoms. The minimum Gasteiger partial charge on any atom is -0.207 e. The van der Waals surface area contributed by atoms with Crippen LogP contribution in [0.3, 0.4) is 0 Å². The first-order chi connectivity index (χ1) is 12.0. The Bertz CT molecular complexity index is 885. The van der Waals surface area contributed by atoms with Gasteiger partial charge in [0, 0.05) is 14.1 Å². The second-order valence-corrected chi connectivity index (χ2v) is 10.2. The highest BCUT2D eigenvalue weighted by Gasteiger charge is 2.20. The van der Waals surface area contributed by atoms with Gasteiger partial charge in [-0.3, -0.25) is 0 Å². The van der Waals surface area contributed by atoms with Crippen LogP contribution in [0.1, 0.15) is 0 Å². The Balaban J connectivity index is 2.06. The maximum Gasteiger partial charge on any atom is 0.242 e. The molecule has 3 rings (SSSR count). The molecule has 3 nitrogen and oxygen atoms in total. The first-order valence-corrected chi connectivity index (χ1v) is 10.7. The van der Waals surface area contributed by atoms with Crippen LogP contribution in [-0.2, 0) is 10.0 Å². The second kappa shape index (κ2) is 7.49. The molecule has 0 bridgehead atoms. The zero-order chi connectivity index (χ0) is 17.9. The van der Waals surface area contributed by atoms with Gasteiger partial charge in [0.25, 0.3) is 0 Å². The molecule has 0 aliphatic carbocycles. The fourth-order valence-electron chi connectivity index (χ4n) is 2.58. The van der Waals surface area contributed by atoms with E-state index >= 15 is 0 Å². The molecule has 0 aliphatic rings. The molecule has 0 atom stereocenters. The van der Waals surface area contributed by atoms with E-state index in [9.17, 15) is 8.42 Å². The van der Waals surface area contributed by atoms with Crippen LogP contribution in [0.5, 0.6) is 0 Å². The summed E-state index contributed by atoms with van der Waals surface area (Å²) in [6, 6.07) is 28.0. The molecule has 0 aliphatic heterocycles. The average molecular weight is 369 g/mol. The summed E-state index contributed by atoms with van der Waals surface area (Å²) < 4.78 is 25.8. The van der Waals surface area contributed by atoms with Crippen LogP contribution in [0.15, 0.2) is 89.8 Å². The van der Waals surface area contributed by atoms with Crippen molar-refractivity contribution >= 4 is 33.9 Å². The topological polar surface area (TPSA) is 37.4 Å². The zero-order valence-electron chi connectivity index (χ0n) is 14.2. The first kappa shape index (κ1) is 17.8. The van der Waals surface area contributed by atoms with E-state index in [2.05, 4.69) is 24.3 Å². The van der Waals surface area contributed by atoms with Gasteiger partial charge < -0.3 is 0 Å². The molecule has 0 N–H and O–H groups in total. The lowest BCUT2D eigenvalue weighted by Crippen LogP contribution is -2.23. The van der Waals surface area contributed by atoms with E-state index in [-0.39, 0.29) is 0 Å². The predicted octanol–water partition coefficient (Wildman–Crippen LogP) is 2.70. The zero-order valence-corrected chi connectivity index (χ0v) is 15.9. The molecular formula is C20H20NO2PS. The van der Waals surface area contributed by atoms with Crippen molar-refractivity contribution in [2.45, 2.75) is 4.90 Å². The molecule has 0 spiro atoms. The van der Waals surface area contributed by atoms with Crippen molar-refractivity contribution in [3.05, 3.63) is 84.9 Å². The fraction of sp³-hybridized carbons (Fsp3) is 0.100. The van der Waals surface area contributed by atoms with Crippen LogP contribution in [0.4, 0.5) is 0 Å². The summed E-state index contributed by atoms with van der Waals surface area (Å²) >= 11 is 0. The van der Waals surface area contributed by atoms with E-state index in [1.807, 2.05) is 48.5 Å². The van der Waals surface area contributed by atoms with Crippen molar-refractivity contribution in [3.8, 4) is 0 Å². The largest absolute Gasteiger partial charge is 0.242 e. The third kappa shape index (κ3) is 3.82. The number of benzene rings is 3. The summed E-state index contributed by atoms with van der Waals surface area (Å²) in [6.45, 7) is 0. The Morgan fingerprint density at radius 1 is 0.640 bits per heavy atom. The molecule has 0 fully saturated rings. The van der Waals surface area contributed by atoms with Gasteiger partial charge in [0.15, 0.2) is 0 Å². The Morgan fingerprint density at radius 2 is 1.04 bits per heavy atom. The lowest BCUT2D eigenvalue weighted by molar-refractivity contribution is 0.521. The van der Waals surface area contributed by atoms with Crippen molar-refractivity contribution in [2.24, 2.45) is 0 Å². The van der Waals surface area contributed by atoms with E-state index < -0.39 is 17.9 Å². The standard InChI is InChI=1S/C20H20NO2PS/c1-21(2)25(22,23)20-15-13-19(14-16-20)24(17-9-5-3-6-10-17)18-11-7-4-8-12-18/h3-16H,1-2H3. The highest BCUT2D eigenvalue weighted by atomic mass is 32.2. The summed E-state index contributed by atoms with van der Waals surface area (Å²) in [6.07, 6.45) is 0. The van der Waals surface area contributed by atoms with Crippen LogP contribution >= 0.6 is 7.92 Å². The Hall–Kier alpha value is -2.00. The van der Waals surface area contributed by atoms with Crippen molar-refractivity contribution in [1.29, 1.82) is 0 Å². The summed E-state index contributed by atoms with van der Waals surface area (Å²) in [7, 11) is -1.03. The van der Waals surface area contributed by atoms with Crippen LogP contribution in [0.2, 0.25) is 0 Å². The Labute approximate surface area is 150 Å². The number of hydrogen-bond acceptors (Lipinski definition) is 2. The quantitative estimate of drug-likeness (QED) is 0.649. The SMILES string of the molecule is CN(C)S(=O)(=O)c1ccc(P(c2ccccc2)c2ccccc2)cc1. The first-order valence-electron chi connectivity index (χ1n) is 7.93. The monoisotopic (exact) mass is 369 g/mol. The number of rotatable bonds is 5. The lowest BCUT2D eigenvalue weighted by Gasteiger charge is -2.20. The van der Waals surface area contributed by atoms with Gasteiger partial charge in [0.1, 0.15) is 0 Å². The van der Waals surface area contributed by atoms with Gasteiger partial charge in [-0.05, 0) is 36.0 Å². The van der Waals surface area contributed by atoms with E-state index in [4.69, 9.17) is 0 Å². The maximum atomic E-state index is 12.3. The fourth-order valence-corrected chi connectivity index (χ4v) is 5.76. The Kier molecular flexibility index (Phi) is 5.33. The minimum atomic E-state index is -3.41. The summed E-state index contributed by atoms with van der Waals surface area (Å²) in [5, 5.41) is 3.61. The third-order valence-electron chi connectivity index (χ3n) is 3.90. The lowest BCUT2D eigenvalue weighted by atomic mass is 10.3. The molecule has 0 saturated carbocycles. The van der Waals surface area contributed by atoms with Gasteiger partial charge in [-0.2, -0.15) is 0 Å². The molecule has 128 valence electrons. The summed E-state index contributed by atoms with van der Waals surface area (Å²) in [5.74, 6) is 0. The molecule has 0 saturated heterocycles. The minimum absolute atomic E-state index is 0.317. The van der Waals surface area contributed by atoms with Crippen LogP contribution in [0.25, 0.3) is 0 Å².